The molecule has 158 valence electrons. The number of rotatable bonds is 6. The zero-order chi connectivity index (χ0) is 21.9. The Balaban J connectivity index is 0.000000297. The maximum atomic E-state index is 12.4. The number of halogens is 1. The van der Waals surface area contributed by atoms with Gasteiger partial charge < -0.3 is 15.5 Å². The van der Waals surface area contributed by atoms with Gasteiger partial charge in [0.2, 0.25) is 0 Å². The first-order valence-corrected chi connectivity index (χ1v) is 9.70. The zero-order valence-corrected chi connectivity index (χ0v) is 17.7. The first-order chi connectivity index (χ1) is 14.5. The lowest BCUT2D eigenvalue weighted by molar-refractivity contribution is 0.112. The van der Waals surface area contributed by atoms with Gasteiger partial charge in [0.1, 0.15) is 11.6 Å². The normalized spacial score (nSPS) is 13.5. The standard InChI is InChI=1S/C16H23N5.C7H5FO/c1-5-7-18-13(3)21-8-6-12(2)14(11-21)15-9-20-16(17-4)10-19-15;8-7-4-2-1-3-6(7)5-9/h5,7,9-10,18H,3,6,8,11H2,1-2,4H3,(H,17,20);1-5H/b7-5-;. The predicted octanol–water partition coefficient (Wildman–Crippen LogP) is 4.23. The van der Waals surface area contributed by atoms with Gasteiger partial charge >= 0.3 is 0 Å². The Kier molecular flexibility index (Phi) is 8.75. The summed E-state index contributed by atoms with van der Waals surface area (Å²) in [5.74, 6) is 1.23. The summed E-state index contributed by atoms with van der Waals surface area (Å²) in [4.78, 5) is 21.1. The molecule has 0 aliphatic carbocycles. The minimum Gasteiger partial charge on any atom is -0.372 e. The van der Waals surface area contributed by atoms with Crippen molar-refractivity contribution in [2.24, 2.45) is 0 Å². The van der Waals surface area contributed by atoms with Crippen LogP contribution in [0.1, 0.15) is 36.3 Å². The number of carbonyl (C=O) groups excluding carboxylic acids is 1. The highest BCUT2D eigenvalue weighted by Crippen LogP contribution is 2.26. The van der Waals surface area contributed by atoms with E-state index in [1.54, 1.807) is 18.3 Å². The molecule has 0 saturated carbocycles. The molecule has 0 fully saturated rings. The Morgan fingerprint density at radius 3 is 2.60 bits per heavy atom. The van der Waals surface area contributed by atoms with Crippen molar-refractivity contribution in [2.45, 2.75) is 20.3 Å². The lowest BCUT2D eigenvalue weighted by atomic mass is 9.99. The fraction of sp³-hybridized carbons (Fsp3) is 0.261. The molecule has 0 atom stereocenters. The highest BCUT2D eigenvalue weighted by Gasteiger charge is 2.19. The van der Waals surface area contributed by atoms with E-state index in [2.05, 4.69) is 39.0 Å². The monoisotopic (exact) mass is 409 g/mol. The van der Waals surface area contributed by atoms with Gasteiger partial charge in [-0.2, -0.15) is 0 Å². The fourth-order valence-electron chi connectivity index (χ4n) is 2.84. The molecule has 2 N–H and O–H groups in total. The number of hydrogen-bond acceptors (Lipinski definition) is 6. The Morgan fingerprint density at radius 2 is 2.03 bits per heavy atom. The van der Waals surface area contributed by atoms with Crippen LogP contribution in [0.2, 0.25) is 0 Å². The van der Waals surface area contributed by atoms with Crippen LogP contribution in [-0.4, -0.2) is 41.3 Å². The zero-order valence-electron chi connectivity index (χ0n) is 17.7. The second-order valence-corrected chi connectivity index (χ2v) is 6.70. The molecule has 2 heterocycles. The van der Waals surface area contributed by atoms with Gasteiger partial charge in [-0.15, -0.1) is 0 Å². The summed E-state index contributed by atoms with van der Waals surface area (Å²) in [5.41, 5.74) is 3.66. The fourth-order valence-corrected chi connectivity index (χ4v) is 2.84. The van der Waals surface area contributed by atoms with E-state index in [1.807, 2.05) is 32.4 Å². The summed E-state index contributed by atoms with van der Waals surface area (Å²) in [5, 5.41) is 6.18. The van der Waals surface area contributed by atoms with Gasteiger partial charge in [-0.05, 0) is 44.2 Å². The molecule has 1 aromatic heterocycles. The van der Waals surface area contributed by atoms with E-state index in [-0.39, 0.29) is 5.56 Å². The van der Waals surface area contributed by atoms with E-state index in [4.69, 9.17) is 0 Å². The van der Waals surface area contributed by atoms with Crippen LogP contribution in [0.5, 0.6) is 0 Å². The number of carbonyl (C=O) groups is 1. The lowest BCUT2D eigenvalue weighted by Gasteiger charge is -2.32. The summed E-state index contributed by atoms with van der Waals surface area (Å²) in [6.45, 7) is 10.0. The van der Waals surface area contributed by atoms with Gasteiger partial charge in [0, 0.05) is 20.1 Å². The molecule has 1 aromatic carbocycles. The van der Waals surface area contributed by atoms with E-state index >= 15 is 0 Å². The van der Waals surface area contributed by atoms with Crippen molar-refractivity contribution in [1.29, 1.82) is 0 Å². The van der Waals surface area contributed by atoms with Crippen LogP contribution in [0.3, 0.4) is 0 Å². The third-order valence-corrected chi connectivity index (χ3v) is 4.67. The number of hydrogen-bond donors (Lipinski definition) is 2. The minimum atomic E-state index is -0.465. The van der Waals surface area contributed by atoms with E-state index in [1.165, 1.54) is 23.3 Å². The second kappa shape index (κ2) is 11.5. The molecule has 0 unspecified atom stereocenters. The van der Waals surface area contributed by atoms with Crippen molar-refractivity contribution in [3.8, 4) is 0 Å². The molecule has 6 nitrogen and oxygen atoms in total. The van der Waals surface area contributed by atoms with Gasteiger partial charge in [0.15, 0.2) is 6.29 Å². The first kappa shape index (κ1) is 22.8. The van der Waals surface area contributed by atoms with E-state index in [0.717, 1.165) is 36.8 Å². The van der Waals surface area contributed by atoms with Crippen LogP contribution in [0.15, 0.2) is 66.9 Å². The van der Waals surface area contributed by atoms with Crippen LogP contribution in [-0.2, 0) is 0 Å². The Morgan fingerprint density at radius 1 is 1.27 bits per heavy atom. The number of nitrogens with zero attached hydrogens (tertiary/aromatic N) is 3. The van der Waals surface area contributed by atoms with Crippen LogP contribution < -0.4 is 10.6 Å². The summed E-state index contributed by atoms with van der Waals surface area (Å²) in [6, 6.07) is 5.85. The van der Waals surface area contributed by atoms with Crippen LogP contribution in [0.25, 0.3) is 5.57 Å². The van der Waals surface area contributed by atoms with Crippen molar-refractivity contribution in [3.05, 3.63) is 84.0 Å². The maximum Gasteiger partial charge on any atom is 0.152 e. The minimum absolute atomic E-state index is 0.109. The molecule has 0 spiro atoms. The summed E-state index contributed by atoms with van der Waals surface area (Å²) in [7, 11) is 1.84. The van der Waals surface area contributed by atoms with E-state index in [9.17, 15) is 9.18 Å². The van der Waals surface area contributed by atoms with Crippen LogP contribution in [0, 0.1) is 5.82 Å². The molecule has 7 heteroatoms. The van der Waals surface area contributed by atoms with Crippen LogP contribution in [0.4, 0.5) is 10.2 Å². The molecule has 1 aliphatic rings. The number of aldehydes is 1. The third-order valence-electron chi connectivity index (χ3n) is 4.67. The van der Waals surface area contributed by atoms with E-state index in [0.29, 0.717) is 6.29 Å². The SMILES string of the molecule is C=C(N/C=C\C)N1CCC(C)=C(c2cnc(NC)cn2)C1.O=Cc1ccccc1F. The molecular weight excluding hydrogens is 381 g/mol. The average molecular weight is 410 g/mol. The van der Waals surface area contributed by atoms with Gasteiger partial charge in [-0.25, -0.2) is 9.37 Å². The average Bonchev–Trinajstić information content (AvgIpc) is 2.78. The second-order valence-electron chi connectivity index (χ2n) is 6.70. The number of anilines is 1. The highest BCUT2D eigenvalue weighted by molar-refractivity contribution is 5.74. The Labute approximate surface area is 177 Å². The molecule has 0 amide bonds. The summed E-state index contributed by atoms with van der Waals surface area (Å²) < 4.78 is 12.4. The molecule has 30 heavy (non-hydrogen) atoms. The quantitative estimate of drug-likeness (QED) is 0.696. The van der Waals surface area contributed by atoms with Gasteiger partial charge in [-0.1, -0.05) is 30.4 Å². The predicted molar refractivity (Wildman–Crippen MR) is 119 cm³/mol. The van der Waals surface area contributed by atoms with Crippen molar-refractivity contribution < 1.29 is 9.18 Å². The van der Waals surface area contributed by atoms with Crippen LogP contribution >= 0.6 is 0 Å². The molecule has 0 bridgehead atoms. The Hall–Kier alpha value is -3.48. The molecule has 2 aromatic rings. The first-order valence-electron chi connectivity index (χ1n) is 9.70. The van der Waals surface area contributed by atoms with E-state index < -0.39 is 5.82 Å². The third kappa shape index (κ3) is 6.27. The summed E-state index contributed by atoms with van der Waals surface area (Å²) in [6.07, 6.45) is 8.96. The van der Waals surface area contributed by atoms with Crippen molar-refractivity contribution >= 4 is 17.7 Å². The van der Waals surface area contributed by atoms with Crippen molar-refractivity contribution in [2.75, 3.05) is 25.5 Å². The highest BCUT2D eigenvalue weighted by atomic mass is 19.1. The topological polar surface area (TPSA) is 70.2 Å². The molecule has 0 saturated heterocycles. The lowest BCUT2D eigenvalue weighted by Crippen LogP contribution is -2.34. The van der Waals surface area contributed by atoms with Gasteiger partial charge in [0.25, 0.3) is 0 Å². The molecule has 0 radical (unpaired) electrons. The van der Waals surface area contributed by atoms with Gasteiger partial charge in [0.05, 0.1) is 29.5 Å². The maximum absolute atomic E-state index is 12.4. The number of nitrogens with one attached hydrogen (secondary N) is 2. The van der Waals surface area contributed by atoms with Gasteiger partial charge in [-0.3, -0.25) is 9.78 Å². The van der Waals surface area contributed by atoms with Crippen molar-refractivity contribution in [1.82, 2.24) is 20.2 Å². The number of allylic oxidation sites excluding steroid dienone is 1. The number of aromatic nitrogens is 2. The largest absolute Gasteiger partial charge is 0.372 e. The van der Waals surface area contributed by atoms with Crippen molar-refractivity contribution in [3.63, 3.8) is 0 Å². The Bertz CT molecular complexity index is 921. The smallest absolute Gasteiger partial charge is 0.152 e. The number of benzene rings is 1. The molecule has 3 rings (SSSR count). The summed E-state index contributed by atoms with van der Waals surface area (Å²) >= 11 is 0. The molecular formula is C23H28FN5O. The molecule has 1 aliphatic heterocycles.